The minimum Gasteiger partial charge on any atom is -0.378 e. The first-order valence-electron chi connectivity index (χ1n) is 7.76. The molecule has 2 fully saturated rings. The largest absolute Gasteiger partial charge is 0.378 e. The van der Waals surface area contributed by atoms with Gasteiger partial charge in [0, 0.05) is 31.0 Å². The zero-order valence-corrected chi connectivity index (χ0v) is 11.7. The molecule has 1 aromatic rings. The van der Waals surface area contributed by atoms with Crippen molar-refractivity contribution in [1.82, 2.24) is 14.9 Å². The number of hydrogen-bond donors (Lipinski definition) is 1. The number of ether oxygens (including phenoxy) is 1. The maximum Gasteiger partial charge on any atom is 0.0948 e. The highest BCUT2D eigenvalue weighted by molar-refractivity contribution is 5.09. The van der Waals surface area contributed by atoms with Crippen LogP contribution in [-0.4, -0.2) is 35.4 Å². The van der Waals surface area contributed by atoms with Crippen molar-refractivity contribution in [3.05, 3.63) is 18.2 Å². The summed E-state index contributed by atoms with van der Waals surface area (Å²) < 4.78 is 8.28. The second kappa shape index (κ2) is 6.53. The van der Waals surface area contributed by atoms with E-state index in [1.54, 1.807) is 0 Å². The van der Waals surface area contributed by atoms with Crippen molar-refractivity contribution < 1.29 is 4.74 Å². The van der Waals surface area contributed by atoms with Crippen LogP contribution in [0.3, 0.4) is 0 Å². The summed E-state index contributed by atoms with van der Waals surface area (Å²) in [5, 5.41) is 3.37. The number of rotatable bonds is 6. The van der Waals surface area contributed by atoms with Gasteiger partial charge in [0.15, 0.2) is 0 Å². The molecule has 0 radical (unpaired) electrons. The van der Waals surface area contributed by atoms with Crippen LogP contribution < -0.4 is 5.32 Å². The second-order valence-corrected chi connectivity index (χ2v) is 5.81. The number of imidazole rings is 1. The van der Waals surface area contributed by atoms with Crippen LogP contribution >= 0.6 is 0 Å². The van der Waals surface area contributed by atoms with Crippen molar-refractivity contribution in [2.24, 2.45) is 0 Å². The van der Waals surface area contributed by atoms with E-state index < -0.39 is 0 Å². The van der Waals surface area contributed by atoms with Crippen molar-refractivity contribution >= 4 is 0 Å². The first-order chi connectivity index (χ1) is 9.43. The van der Waals surface area contributed by atoms with Gasteiger partial charge in [-0.15, -0.1) is 0 Å². The molecule has 1 N–H and O–H groups in total. The van der Waals surface area contributed by atoms with Crippen molar-refractivity contribution in [2.45, 2.75) is 57.1 Å². The van der Waals surface area contributed by atoms with E-state index in [0.717, 1.165) is 38.6 Å². The molecule has 1 aromatic heterocycles. The van der Waals surface area contributed by atoms with E-state index in [0.29, 0.717) is 6.10 Å². The lowest BCUT2D eigenvalue weighted by Gasteiger charge is -2.26. The molecule has 0 aromatic carbocycles. The highest BCUT2D eigenvalue weighted by Gasteiger charge is 2.22. The molecule has 2 heterocycles. The molecule has 0 unspecified atom stereocenters. The van der Waals surface area contributed by atoms with Crippen LogP contribution in [0.4, 0.5) is 0 Å². The number of piperidine rings is 1. The Morgan fingerprint density at radius 1 is 1.26 bits per heavy atom. The number of aromatic nitrogens is 2. The highest BCUT2D eigenvalue weighted by atomic mass is 16.5. The van der Waals surface area contributed by atoms with Gasteiger partial charge in [-0.25, -0.2) is 4.98 Å². The number of nitrogens with one attached hydrogen (secondary N) is 1. The van der Waals surface area contributed by atoms with Crippen LogP contribution in [0.1, 0.15) is 50.1 Å². The van der Waals surface area contributed by atoms with Crippen molar-refractivity contribution in [2.75, 3.05) is 19.7 Å². The summed E-state index contributed by atoms with van der Waals surface area (Å²) in [6, 6.07) is 0. The van der Waals surface area contributed by atoms with Gasteiger partial charge >= 0.3 is 0 Å². The minimum atomic E-state index is 0.482. The van der Waals surface area contributed by atoms with Crippen molar-refractivity contribution in [3.8, 4) is 0 Å². The lowest BCUT2D eigenvalue weighted by molar-refractivity contribution is 0.0300. The van der Waals surface area contributed by atoms with Crippen LogP contribution in [0.25, 0.3) is 0 Å². The summed E-state index contributed by atoms with van der Waals surface area (Å²) in [5.74, 6) is 0.771. The zero-order valence-electron chi connectivity index (χ0n) is 11.7. The van der Waals surface area contributed by atoms with Gasteiger partial charge in [0.25, 0.3) is 0 Å². The molecule has 1 saturated carbocycles. The van der Waals surface area contributed by atoms with E-state index in [1.165, 1.54) is 37.8 Å². The quantitative estimate of drug-likeness (QED) is 0.801. The Balaban J connectivity index is 1.38. The molecule has 0 bridgehead atoms. The molecular weight excluding hydrogens is 238 g/mol. The lowest BCUT2D eigenvalue weighted by atomic mass is 9.83. The lowest BCUT2D eigenvalue weighted by Crippen LogP contribution is -2.32. The van der Waals surface area contributed by atoms with Crippen LogP contribution in [0.15, 0.2) is 12.5 Å². The van der Waals surface area contributed by atoms with Gasteiger partial charge in [-0.2, -0.15) is 0 Å². The minimum absolute atomic E-state index is 0.482. The van der Waals surface area contributed by atoms with Gasteiger partial charge in [-0.05, 0) is 45.2 Å². The fourth-order valence-electron chi connectivity index (χ4n) is 3.01. The fourth-order valence-corrected chi connectivity index (χ4v) is 3.01. The Labute approximate surface area is 115 Å². The van der Waals surface area contributed by atoms with E-state index >= 15 is 0 Å². The third kappa shape index (κ3) is 3.37. The predicted molar refractivity (Wildman–Crippen MR) is 75.3 cm³/mol. The molecular formula is C15H25N3O. The van der Waals surface area contributed by atoms with E-state index in [4.69, 9.17) is 4.74 Å². The molecule has 3 rings (SSSR count). The first-order valence-corrected chi connectivity index (χ1v) is 7.76. The molecule has 2 aliphatic rings. The third-order valence-corrected chi connectivity index (χ3v) is 4.45. The third-order valence-electron chi connectivity index (χ3n) is 4.45. The van der Waals surface area contributed by atoms with Crippen molar-refractivity contribution in [3.63, 3.8) is 0 Å². The Kier molecular flexibility index (Phi) is 4.51. The van der Waals surface area contributed by atoms with E-state index in [-0.39, 0.29) is 0 Å². The van der Waals surface area contributed by atoms with E-state index in [2.05, 4.69) is 21.1 Å². The SMILES string of the molecule is c1ncn(CCCOC2CCNCC2)c1C1CCC1. The second-order valence-electron chi connectivity index (χ2n) is 5.81. The normalized spacial score (nSPS) is 21.5. The van der Waals surface area contributed by atoms with Crippen LogP contribution in [0.5, 0.6) is 0 Å². The molecule has 0 atom stereocenters. The van der Waals surface area contributed by atoms with Gasteiger partial charge in [0.05, 0.1) is 12.4 Å². The van der Waals surface area contributed by atoms with Crippen molar-refractivity contribution in [1.29, 1.82) is 0 Å². The average molecular weight is 263 g/mol. The van der Waals surface area contributed by atoms with E-state index in [1.807, 2.05) is 6.33 Å². The molecule has 4 heteroatoms. The molecule has 19 heavy (non-hydrogen) atoms. The fraction of sp³-hybridized carbons (Fsp3) is 0.800. The smallest absolute Gasteiger partial charge is 0.0948 e. The number of aryl methyl sites for hydroxylation is 1. The van der Waals surface area contributed by atoms with Crippen LogP contribution in [0.2, 0.25) is 0 Å². The Bertz CT molecular complexity index is 380. The molecule has 106 valence electrons. The first kappa shape index (κ1) is 13.1. The maximum absolute atomic E-state index is 5.95. The number of nitrogens with zero attached hydrogens (tertiary/aromatic N) is 2. The highest BCUT2D eigenvalue weighted by Crippen LogP contribution is 2.36. The predicted octanol–water partition coefficient (Wildman–Crippen LogP) is 2.31. The zero-order chi connectivity index (χ0) is 12.9. The standard InChI is InChI=1S/C15H25N3O/c1-3-13(4-1)15-11-17-12-18(15)9-2-10-19-14-5-7-16-8-6-14/h11-14,16H,1-10H2. The molecule has 1 aliphatic heterocycles. The molecule has 1 saturated heterocycles. The summed E-state index contributed by atoms with van der Waals surface area (Å²) in [4.78, 5) is 4.31. The van der Waals surface area contributed by atoms with Gasteiger partial charge in [-0.3, -0.25) is 0 Å². The van der Waals surface area contributed by atoms with Gasteiger partial charge in [-0.1, -0.05) is 6.42 Å². The molecule has 1 aliphatic carbocycles. The molecule has 4 nitrogen and oxygen atoms in total. The summed E-state index contributed by atoms with van der Waals surface area (Å²) in [6.07, 6.45) is 12.0. The van der Waals surface area contributed by atoms with E-state index in [9.17, 15) is 0 Å². The van der Waals surface area contributed by atoms with Gasteiger partial charge < -0.3 is 14.6 Å². The Morgan fingerprint density at radius 2 is 2.11 bits per heavy atom. The average Bonchev–Trinajstić information content (AvgIpc) is 2.82. The topological polar surface area (TPSA) is 39.1 Å². The summed E-state index contributed by atoms with van der Waals surface area (Å²) in [7, 11) is 0. The maximum atomic E-state index is 5.95. The number of hydrogen-bond acceptors (Lipinski definition) is 3. The summed E-state index contributed by atoms with van der Waals surface area (Å²) >= 11 is 0. The Morgan fingerprint density at radius 3 is 2.84 bits per heavy atom. The Hall–Kier alpha value is -0.870. The summed E-state index contributed by atoms with van der Waals surface area (Å²) in [5.41, 5.74) is 1.44. The van der Waals surface area contributed by atoms with Crippen LogP contribution in [-0.2, 0) is 11.3 Å². The van der Waals surface area contributed by atoms with Crippen LogP contribution in [0, 0.1) is 0 Å². The molecule has 0 amide bonds. The molecule has 0 spiro atoms. The van der Waals surface area contributed by atoms with Gasteiger partial charge in [0.1, 0.15) is 0 Å². The van der Waals surface area contributed by atoms with Gasteiger partial charge in [0.2, 0.25) is 0 Å². The summed E-state index contributed by atoms with van der Waals surface area (Å²) in [6.45, 7) is 4.15. The monoisotopic (exact) mass is 263 g/mol.